The van der Waals surface area contributed by atoms with Crippen molar-refractivity contribution in [1.82, 2.24) is 0 Å². The second-order valence-electron chi connectivity index (χ2n) is 3.70. The molecule has 0 amide bonds. The molecule has 0 radical (unpaired) electrons. The van der Waals surface area contributed by atoms with Gasteiger partial charge in [-0.1, -0.05) is 0 Å². The van der Waals surface area contributed by atoms with E-state index >= 15 is 0 Å². The number of ether oxygens (including phenoxy) is 1. The highest BCUT2D eigenvalue weighted by atomic mass is 31.2. The van der Waals surface area contributed by atoms with E-state index < -0.39 is 38.3 Å². The second-order valence-corrected chi connectivity index (χ2v) is 5.10. The number of hydrogen-bond acceptors (Lipinski definition) is 6. The van der Waals surface area contributed by atoms with Crippen LogP contribution in [0, 0.1) is 0 Å². The van der Waals surface area contributed by atoms with Crippen molar-refractivity contribution in [3.05, 3.63) is 0 Å². The molecule has 2 rings (SSSR count). The third-order valence-electron chi connectivity index (χ3n) is 2.58. The molecule has 0 spiro atoms. The average molecular weight is 240 g/mol. The highest BCUT2D eigenvalue weighted by molar-refractivity contribution is 7.47. The van der Waals surface area contributed by atoms with Gasteiger partial charge in [-0.05, 0) is 6.92 Å². The largest absolute Gasteiger partial charge is 0.472 e. The van der Waals surface area contributed by atoms with E-state index in [1.54, 1.807) is 6.92 Å². The van der Waals surface area contributed by atoms with E-state index in [-0.39, 0.29) is 6.61 Å². The Bertz CT molecular complexity index is 293. The second kappa shape index (κ2) is 3.78. The average Bonchev–Trinajstić information content (AvgIpc) is 2.16. The van der Waals surface area contributed by atoms with Gasteiger partial charge in [0.1, 0.15) is 24.4 Å². The maximum Gasteiger partial charge on any atom is 0.472 e. The molecular weight excluding hydrogens is 227 g/mol. The molecule has 0 bridgehead atoms. The fraction of sp³-hybridized carbons (Fsp3) is 1.00. The van der Waals surface area contributed by atoms with Gasteiger partial charge in [-0.15, -0.1) is 0 Å². The van der Waals surface area contributed by atoms with Gasteiger partial charge in [0.2, 0.25) is 0 Å². The minimum atomic E-state index is -4.11. The van der Waals surface area contributed by atoms with Gasteiger partial charge in [0.05, 0.1) is 12.7 Å². The van der Waals surface area contributed by atoms with Gasteiger partial charge in [-0.2, -0.15) is 0 Å². The van der Waals surface area contributed by atoms with Crippen LogP contribution in [0.4, 0.5) is 0 Å². The molecule has 2 aliphatic rings. The Kier molecular flexibility index (Phi) is 2.89. The van der Waals surface area contributed by atoms with Crippen LogP contribution in [0.3, 0.4) is 0 Å². The molecule has 2 heterocycles. The molecule has 6 unspecified atom stereocenters. The van der Waals surface area contributed by atoms with E-state index in [1.165, 1.54) is 0 Å². The van der Waals surface area contributed by atoms with Crippen LogP contribution in [-0.4, -0.2) is 52.2 Å². The molecule has 8 heteroatoms. The SMILES string of the molecule is CC1OC2COP(=O)(O)OC2C(O)C1O. The Morgan fingerprint density at radius 1 is 1.33 bits per heavy atom. The maximum absolute atomic E-state index is 11.1. The topological polar surface area (TPSA) is 105 Å². The fourth-order valence-electron chi connectivity index (χ4n) is 1.74. The Labute approximate surface area is 86.2 Å². The first kappa shape index (κ1) is 11.5. The summed E-state index contributed by atoms with van der Waals surface area (Å²) < 4.78 is 25.6. The Morgan fingerprint density at radius 3 is 2.67 bits per heavy atom. The van der Waals surface area contributed by atoms with E-state index in [4.69, 9.17) is 9.63 Å². The van der Waals surface area contributed by atoms with Gasteiger partial charge < -0.3 is 19.8 Å². The van der Waals surface area contributed by atoms with Crippen molar-refractivity contribution in [2.75, 3.05) is 6.61 Å². The number of hydrogen-bond donors (Lipinski definition) is 3. The Hall–Kier alpha value is -0.0100. The standard InChI is InChI=1S/C7H13O7P/c1-3-5(8)6(9)7-4(13-3)2-12-15(10,11)14-7/h3-9H,2H2,1H3,(H,10,11). The number of rotatable bonds is 0. The lowest BCUT2D eigenvalue weighted by Gasteiger charge is -2.43. The predicted octanol–water partition coefficient (Wildman–Crippen LogP) is -0.989. The van der Waals surface area contributed by atoms with E-state index in [0.717, 1.165) is 0 Å². The first-order valence-electron chi connectivity index (χ1n) is 4.58. The molecule has 0 aromatic rings. The lowest BCUT2D eigenvalue weighted by Crippen LogP contribution is -2.59. The van der Waals surface area contributed by atoms with Crippen LogP contribution >= 0.6 is 7.82 Å². The summed E-state index contributed by atoms with van der Waals surface area (Å²) in [6.07, 6.45) is -4.61. The molecule has 0 aromatic heterocycles. The predicted molar refractivity (Wildman–Crippen MR) is 47.0 cm³/mol. The van der Waals surface area contributed by atoms with E-state index in [9.17, 15) is 14.8 Å². The zero-order valence-corrected chi connectivity index (χ0v) is 8.91. The zero-order valence-electron chi connectivity index (χ0n) is 8.02. The van der Waals surface area contributed by atoms with Crippen molar-refractivity contribution in [2.45, 2.75) is 37.4 Å². The van der Waals surface area contributed by atoms with Crippen molar-refractivity contribution < 1.29 is 33.5 Å². The summed E-state index contributed by atoms with van der Waals surface area (Å²) in [4.78, 5) is 9.05. The van der Waals surface area contributed by atoms with Crippen LogP contribution in [0.1, 0.15) is 6.92 Å². The van der Waals surface area contributed by atoms with E-state index in [2.05, 4.69) is 9.05 Å². The Balaban J connectivity index is 2.15. The highest BCUT2D eigenvalue weighted by Gasteiger charge is 2.50. The van der Waals surface area contributed by atoms with Gasteiger partial charge in [-0.3, -0.25) is 9.05 Å². The summed E-state index contributed by atoms with van der Waals surface area (Å²) in [5.74, 6) is 0. The molecule has 2 fully saturated rings. The van der Waals surface area contributed by atoms with Crippen molar-refractivity contribution in [2.24, 2.45) is 0 Å². The fourth-order valence-corrected chi connectivity index (χ4v) is 2.71. The van der Waals surface area contributed by atoms with Crippen LogP contribution in [0.5, 0.6) is 0 Å². The third-order valence-corrected chi connectivity index (χ3v) is 3.57. The summed E-state index contributed by atoms with van der Waals surface area (Å²) >= 11 is 0. The van der Waals surface area contributed by atoms with Crippen LogP contribution in [0.15, 0.2) is 0 Å². The smallest absolute Gasteiger partial charge is 0.388 e. The summed E-state index contributed by atoms with van der Waals surface area (Å²) in [6, 6.07) is 0. The van der Waals surface area contributed by atoms with Gasteiger partial charge in [0, 0.05) is 0 Å². The molecule has 0 saturated carbocycles. The van der Waals surface area contributed by atoms with Crippen molar-refractivity contribution in [3.63, 3.8) is 0 Å². The molecule has 6 atom stereocenters. The quantitative estimate of drug-likeness (QED) is 0.467. The van der Waals surface area contributed by atoms with Gasteiger partial charge >= 0.3 is 7.82 Å². The summed E-state index contributed by atoms with van der Waals surface area (Å²) in [6.45, 7) is 1.46. The van der Waals surface area contributed by atoms with Crippen LogP contribution in [0.2, 0.25) is 0 Å². The van der Waals surface area contributed by atoms with Crippen LogP contribution < -0.4 is 0 Å². The molecule has 7 nitrogen and oxygen atoms in total. The Morgan fingerprint density at radius 2 is 2.00 bits per heavy atom. The lowest BCUT2D eigenvalue weighted by atomic mass is 9.96. The van der Waals surface area contributed by atoms with Crippen LogP contribution in [-0.2, 0) is 18.3 Å². The number of aliphatic hydroxyl groups excluding tert-OH is 2. The maximum atomic E-state index is 11.1. The minimum Gasteiger partial charge on any atom is -0.388 e. The number of fused-ring (bicyclic) bond motifs is 1. The zero-order chi connectivity index (χ0) is 11.2. The molecule has 2 saturated heterocycles. The first-order chi connectivity index (χ1) is 6.91. The van der Waals surface area contributed by atoms with Crippen molar-refractivity contribution in [1.29, 1.82) is 0 Å². The first-order valence-corrected chi connectivity index (χ1v) is 6.07. The van der Waals surface area contributed by atoms with Gasteiger partial charge in [0.25, 0.3) is 0 Å². The highest BCUT2D eigenvalue weighted by Crippen LogP contribution is 2.50. The third kappa shape index (κ3) is 2.09. The minimum absolute atomic E-state index is 0.132. The molecule has 0 aliphatic carbocycles. The normalized spacial score (nSPS) is 56.1. The number of phosphoric ester groups is 1. The van der Waals surface area contributed by atoms with E-state index in [1.807, 2.05) is 0 Å². The summed E-state index contributed by atoms with van der Waals surface area (Å²) in [5, 5.41) is 19.1. The number of aliphatic hydroxyl groups is 2. The molecule has 2 aliphatic heterocycles. The molecule has 88 valence electrons. The molecule has 3 N–H and O–H groups in total. The molecule has 0 aromatic carbocycles. The monoisotopic (exact) mass is 240 g/mol. The van der Waals surface area contributed by atoms with Crippen molar-refractivity contribution >= 4 is 7.82 Å². The summed E-state index contributed by atoms with van der Waals surface area (Å²) in [7, 11) is -4.11. The van der Waals surface area contributed by atoms with E-state index in [0.29, 0.717) is 0 Å². The molecule has 15 heavy (non-hydrogen) atoms. The summed E-state index contributed by atoms with van der Waals surface area (Å²) in [5.41, 5.74) is 0. The number of phosphoric acid groups is 1. The van der Waals surface area contributed by atoms with Gasteiger partial charge in [0.15, 0.2) is 0 Å². The van der Waals surface area contributed by atoms with Gasteiger partial charge in [-0.25, -0.2) is 4.57 Å². The van der Waals surface area contributed by atoms with Crippen molar-refractivity contribution in [3.8, 4) is 0 Å². The molecular formula is C7H13O7P. The van der Waals surface area contributed by atoms with Crippen LogP contribution in [0.25, 0.3) is 0 Å². The lowest BCUT2D eigenvalue weighted by molar-refractivity contribution is -0.232.